The summed E-state index contributed by atoms with van der Waals surface area (Å²) in [5.74, 6) is -0.376. The fourth-order valence-electron chi connectivity index (χ4n) is 1.75. The zero-order valence-electron chi connectivity index (χ0n) is 11.1. The van der Waals surface area contributed by atoms with Crippen molar-refractivity contribution >= 4 is 5.97 Å². The SMILES string of the molecule is CCCC[C@@](C#N)(C(=O)OCC)C(C)(C)C. The van der Waals surface area contributed by atoms with E-state index in [0.29, 0.717) is 13.0 Å². The summed E-state index contributed by atoms with van der Waals surface area (Å²) in [5, 5.41) is 9.39. The quantitative estimate of drug-likeness (QED) is 0.674. The predicted molar refractivity (Wildman–Crippen MR) is 63.7 cm³/mol. The van der Waals surface area contributed by atoms with Crippen LogP contribution in [0.25, 0.3) is 0 Å². The molecule has 0 saturated carbocycles. The van der Waals surface area contributed by atoms with Gasteiger partial charge in [-0.3, -0.25) is 4.79 Å². The third-order valence-electron chi connectivity index (χ3n) is 3.00. The van der Waals surface area contributed by atoms with Crippen LogP contribution in [0.5, 0.6) is 0 Å². The first-order valence-electron chi connectivity index (χ1n) is 5.94. The van der Waals surface area contributed by atoms with Gasteiger partial charge in [-0.05, 0) is 18.8 Å². The van der Waals surface area contributed by atoms with Crippen molar-refractivity contribution in [3.05, 3.63) is 0 Å². The average Bonchev–Trinajstić information content (AvgIpc) is 2.18. The second kappa shape index (κ2) is 5.89. The normalized spacial score (nSPS) is 15.0. The molecule has 0 aromatic heterocycles. The van der Waals surface area contributed by atoms with Crippen molar-refractivity contribution in [1.29, 1.82) is 5.26 Å². The number of carbonyl (C=O) groups excluding carboxylic acids is 1. The van der Waals surface area contributed by atoms with Crippen molar-refractivity contribution in [2.45, 2.75) is 53.9 Å². The van der Waals surface area contributed by atoms with E-state index >= 15 is 0 Å². The van der Waals surface area contributed by atoms with Gasteiger partial charge in [0.2, 0.25) is 0 Å². The Labute approximate surface area is 98.8 Å². The van der Waals surface area contributed by atoms with Crippen LogP contribution in [-0.2, 0) is 9.53 Å². The van der Waals surface area contributed by atoms with E-state index in [4.69, 9.17) is 4.74 Å². The maximum absolute atomic E-state index is 12.0. The molecule has 0 spiro atoms. The van der Waals surface area contributed by atoms with Crippen LogP contribution in [0, 0.1) is 22.2 Å². The van der Waals surface area contributed by atoms with Crippen molar-refractivity contribution in [2.24, 2.45) is 10.8 Å². The van der Waals surface area contributed by atoms with Crippen LogP contribution in [0.4, 0.5) is 0 Å². The molecule has 16 heavy (non-hydrogen) atoms. The largest absolute Gasteiger partial charge is 0.465 e. The van der Waals surface area contributed by atoms with E-state index in [-0.39, 0.29) is 5.97 Å². The number of hydrogen-bond acceptors (Lipinski definition) is 3. The topological polar surface area (TPSA) is 50.1 Å². The maximum Gasteiger partial charge on any atom is 0.327 e. The van der Waals surface area contributed by atoms with Gasteiger partial charge in [-0.1, -0.05) is 40.5 Å². The summed E-state index contributed by atoms with van der Waals surface area (Å²) in [4.78, 5) is 12.0. The zero-order valence-corrected chi connectivity index (χ0v) is 11.1. The van der Waals surface area contributed by atoms with Crippen LogP contribution >= 0.6 is 0 Å². The number of carbonyl (C=O) groups is 1. The molecule has 0 bridgehead atoms. The molecule has 0 aromatic rings. The van der Waals surface area contributed by atoms with Crippen LogP contribution in [0.15, 0.2) is 0 Å². The van der Waals surface area contributed by atoms with Gasteiger partial charge in [0.25, 0.3) is 0 Å². The molecule has 0 radical (unpaired) electrons. The van der Waals surface area contributed by atoms with E-state index in [1.165, 1.54) is 0 Å². The smallest absolute Gasteiger partial charge is 0.327 e. The lowest BCUT2D eigenvalue weighted by molar-refractivity contribution is -0.158. The number of esters is 1. The summed E-state index contributed by atoms with van der Waals surface area (Å²) in [6, 6.07) is 2.20. The summed E-state index contributed by atoms with van der Waals surface area (Å²) >= 11 is 0. The molecular formula is C13H23NO2. The van der Waals surface area contributed by atoms with Crippen LogP contribution in [-0.4, -0.2) is 12.6 Å². The number of nitrogens with zero attached hydrogens (tertiary/aromatic N) is 1. The van der Waals surface area contributed by atoms with E-state index in [1.54, 1.807) is 6.92 Å². The van der Waals surface area contributed by atoms with Gasteiger partial charge in [-0.15, -0.1) is 0 Å². The van der Waals surface area contributed by atoms with E-state index in [9.17, 15) is 10.1 Å². The lowest BCUT2D eigenvalue weighted by Crippen LogP contribution is -2.43. The summed E-state index contributed by atoms with van der Waals surface area (Å²) < 4.78 is 5.06. The first-order valence-corrected chi connectivity index (χ1v) is 5.94. The van der Waals surface area contributed by atoms with Crippen molar-refractivity contribution < 1.29 is 9.53 Å². The highest BCUT2D eigenvalue weighted by Crippen LogP contribution is 2.43. The minimum absolute atomic E-state index is 0.324. The minimum atomic E-state index is -1.01. The molecule has 0 aliphatic heterocycles. The third kappa shape index (κ3) is 2.98. The van der Waals surface area contributed by atoms with E-state index in [1.807, 2.05) is 20.8 Å². The lowest BCUT2D eigenvalue weighted by Gasteiger charge is -2.36. The molecule has 0 aliphatic rings. The van der Waals surface area contributed by atoms with Crippen LogP contribution in [0.3, 0.4) is 0 Å². The molecule has 0 rings (SSSR count). The zero-order chi connectivity index (χ0) is 12.8. The summed E-state index contributed by atoms with van der Waals surface area (Å²) in [5.41, 5.74) is -1.41. The van der Waals surface area contributed by atoms with Crippen molar-refractivity contribution in [1.82, 2.24) is 0 Å². The summed E-state index contributed by atoms with van der Waals surface area (Å²) in [6.45, 7) is 9.90. The molecule has 0 amide bonds. The van der Waals surface area contributed by atoms with E-state index in [0.717, 1.165) is 12.8 Å². The molecular weight excluding hydrogens is 202 g/mol. The molecule has 0 aromatic carbocycles. The van der Waals surface area contributed by atoms with Gasteiger partial charge in [0.05, 0.1) is 12.7 Å². The van der Waals surface area contributed by atoms with Crippen LogP contribution in [0.1, 0.15) is 53.9 Å². The summed E-state index contributed by atoms with van der Waals surface area (Å²) in [6.07, 6.45) is 2.41. The number of rotatable bonds is 5. The molecule has 1 atom stereocenters. The predicted octanol–water partition coefficient (Wildman–Crippen LogP) is 3.30. The van der Waals surface area contributed by atoms with E-state index < -0.39 is 10.8 Å². The number of nitriles is 1. The molecule has 92 valence electrons. The van der Waals surface area contributed by atoms with Crippen molar-refractivity contribution in [3.63, 3.8) is 0 Å². The van der Waals surface area contributed by atoms with E-state index in [2.05, 4.69) is 13.0 Å². The number of unbranched alkanes of at least 4 members (excludes halogenated alkanes) is 1. The van der Waals surface area contributed by atoms with Gasteiger partial charge in [0.15, 0.2) is 5.41 Å². The Hall–Kier alpha value is -1.04. The molecule has 0 aliphatic carbocycles. The highest BCUT2D eigenvalue weighted by Gasteiger charge is 2.49. The molecule has 0 unspecified atom stereocenters. The van der Waals surface area contributed by atoms with Gasteiger partial charge >= 0.3 is 5.97 Å². The number of hydrogen-bond donors (Lipinski definition) is 0. The lowest BCUT2D eigenvalue weighted by atomic mass is 9.65. The molecule has 0 saturated heterocycles. The van der Waals surface area contributed by atoms with Gasteiger partial charge in [-0.25, -0.2) is 0 Å². The Bertz CT molecular complexity index is 273. The van der Waals surface area contributed by atoms with Gasteiger partial charge in [0, 0.05) is 0 Å². The molecule has 3 heteroatoms. The van der Waals surface area contributed by atoms with Gasteiger partial charge in [0.1, 0.15) is 0 Å². The Kier molecular flexibility index (Phi) is 5.50. The second-order valence-electron chi connectivity index (χ2n) is 5.09. The molecule has 3 nitrogen and oxygen atoms in total. The molecule has 0 heterocycles. The Morgan fingerprint density at radius 3 is 2.19 bits per heavy atom. The fraction of sp³-hybridized carbons (Fsp3) is 0.846. The first-order chi connectivity index (χ1) is 7.35. The maximum atomic E-state index is 12.0. The Morgan fingerprint density at radius 2 is 1.88 bits per heavy atom. The third-order valence-corrected chi connectivity index (χ3v) is 3.00. The molecule has 0 N–H and O–H groups in total. The monoisotopic (exact) mass is 225 g/mol. The van der Waals surface area contributed by atoms with Crippen LogP contribution < -0.4 is 0 Å². The van der Waals surface area contributed by atoms with Gasteiger partial charge < -0.3 is 4.74 Å². The standard InChI is InChI=1S/C13H23NO2/c1-6-8-9-13(10-14,12(3,4)5)11(15)16-7-2/h6-9H2,1-5H3/t13-/m1/s1. The Morgan fingerprint density at radius 1 is 1.31 bits per heavy atom. The van der Waals surface area contributed by atoms with Crippen LogP contribution in [0.2, 0.25) is 0 Å². The first kappa shape index (κ1) is 15.0. The Balaban J connectivity index is 5.14. The number of ether oxygens (including phenoxy) is 1. The summed E-state index contributed by atoms with van der Waals surface area (Å²) in [7, 11) is 0. The highest BCUT2D eigenvalue weighted by atomic mass is 16.5. The average molecular weight is 225 g/mol. The molecule has 0 fully saturated rings. The van der Waals surface area contributed by atoms with Crippen molar-refractivity contribution in [2.75, 3.05) is 6.61 Å². The fourth-order valence-corrected chi connectivity index (χ4v) is 1.75. The minimum Gasteiger partial charge on any atom is -0.465 e. The second-order valence-corrected chi connectivity index (χ2v) is 5.09. The highest BCUT2D eigenvalue weighted by molar-refractivity contribution is 5.81. The van der Waals surface area contributed by atoms with Gasteiger partial charge in [-0.2, -0.15) is 5.26 Å². The van der Waals surface area contributed by atoms with Crippen molar-refractivity contribution in [3.8, 4) is 6.07 Å².